The maximum atomic E-state index is 12.0. The van der Waals surface area contributed by atoms with Crippen molar-refractivity contribution in [1.29, 1.82) is 0 Å². The minimum Gasteiger partial charge on any atom is -0.369 e. The van der Waals surface area contributed by atoms with E-state index in [1.54, 1.807) is 0 Å². The minimum absolute atomic E-state index is 0.111. The highest BCUT2D eigenvalue weighted by molar-refractivity contribution is 5.75. The van der Waals surface area contributed by atoms with Gasteiger partial charge in [-0.15, -0.1) is 0 Å². The molecule has 1 aromatic carbocycles. The fourth-order valence-electron chi connectivity index (χ4n) is 3.76. The molecule has 2 aromatic rings. The number of benzene rings is 1. The molecule has 1 aromatic heterocycles. The number of carbonyl (C=O) groups is 1. The van der Waals surface area contributed by atoms with E-state index < -0.39 is 0 Å². The van der Waals surface area contributed by atoms with Gasteiger partial charge in [0.15, 0.2) is 5.82 Å². The smallest absolute Gasteiger partial charge is 0.226 e. The van der Waals surface area contributed by atoms with Gasteiger partial charge in [-0.25, -0.2) is 0 Å². The summed E-state index contributed by atoms with van der Waals surface area (Å²) in [4.78, 5) is 21.3. The number of aryl methyl sites for hydroxylation is 2. The average Bonchev–Trinajstić information content (AvgIpc) is 3.22. The number of aromatic nitrogens is 2. The molecule has 0 aliphatic carbocycles. The Morgan fingerprint density at radius 3 is 2.63 bits per heavy atom. The zero-order valence-electron chi connectivity index (χ0n) is 18.2. The van der Waals surface area contributed by atoms with E-state index in [0.717, 1.165) is 77.2 Å². The lowest BCUT2D eigenvalue weighted by molar-refractivity contribution is -0.121. The highest BCUT2D eigenvalue weighted by Gasteiger charge is 2.16. The second-order valence-corrected chi connectivity index (χ2v) is 7.93. The Bertz CT molecular complexity index is 741. The number of hydrogen-bond acceptors (Lipinski definition) is 6. The van der Waals surface area contributed by atoms with Crippen molar-refractivity contribution in [2.24, 2.45) is 0 Å². The third kappa shape index (κ3) is 7.44. The van der Waals surface area contributed by atoms with E-state index in [9.17, 15) is 4.79 Å². The summed E-state index contributed by atoms with van der Waals surface area (Å²) in [6.45, 7) is 8.33. The molecule has 0 saturated carbocycles. The first-order chi connectivity index (χ1) is 14.7. The van der Waals surface area contributed by atoms with Gasteiger partial charge in [0.1, 0.15) is 0 Å². The molecule has 1 aliphatic heterocycles. The van der Waals surface area contributed by atoms with Gasteiger partial charge in [0.2, 0.25) is 11.8 Å². The molecule has 1 amide bonds. The molecular formula is C23H35N5O2. The molecule has 0 radical (unpaired) electrons. The quantitative estimate of drug-likeness (QED) is 0.539. The number of amides is 1. The van der Waals surface area contributed by atoms with Crippen LogP contribution in [0.1, 0.15) is 50.7 Å². The first-order valence-corrected chi connectivity index (χ1v) is 11.3. The summed E-state index contributed by atoms with van der Waals surface area (Å²) < 4.78 is 5.20. The molecule has 7 heteroatoms. The minimum atomic E-state index is 0.111. The Morgan fingerprint density at radius 2 is 1.87 bits per heavy atom. The highest BCUT2D eigenvalue weighted by atomic mass is 16.5. The molecule has 1 aliphatic rings. The molecule has 0 atom stereocenters. The fourth-order valence-corrected chi connectivity index (χ4v) is 3.76. The molecule has 2 heterocycles. The number of piperazine rings is 1. The van der Waals surface area contributed by atoms with Crippen LogP contribution in [0.2, 0.25) is 0 Å². The van der Waals surface area contributed by atoms with Crippen LogP contribution in [0.5, 0.6) is 0 Å². The number of rotatable bonds is 12. The first-order valence-electron chi connectivity index (χ1n) is 11.3. The van der Waals surface area contributed by atoms with Crippen LogP contribution in [0, 0.1) is 0 Å². The van der Waals surface area contributed by atoms with Gasteiger partial charge in [-0.05, 0) is 44.4 Å². The maximum Gasteiger partial charge on any atom is 0.226 e. The summed E-state index contributed by atoms with van der Waals surface area (Å²) in [5.41, 5.74) is 1.32. The summed E-state index contributed by atoms with van der Waals surface area (Å²) in [6.07, 6.45) is 5.90. The second kappa shape index (κ2) is 12.3. The van der Waals surface area contributed by atoms with Crippen molar-refractivity contribution >= 4 is 11.6 Å². The number of anilines is 1. The molecule has 164 valence electrons. The van der Waals surface area contributed by atoms with Crippen LogP contribution in [-0.2, 0) is 17.6 Å². The zero-order valence-corrected chi connectivity index (χ0v) is 18.2. The van der Waals surface area contributed by atoms with Gasteiger partial charge in [-0.1, -0.05) is 30.3 Å². The van der Waals surface area contributed by atoms with Crippen LogP contribution in [0.3, 0.4) is 0 Å². The molecule has 1 saturated heterocycles. The Kier molecular flexibility index (Phi) is 9.15. The molecule has 3 rings (SSSR count). The monoisotopic (exact) mass is 413 g/mol. The molecule has 1 N–H and O–H groups in total. The van der Waals surface area contributed by atoms with Gasteiger partial charge in [-0.3, -0.25) is 9.69 Å². The van der Waals surface area contributed by atoms with E-state index in [0.29, 0.717) is 18.7 Å². The van der Waals surface area contributed by atoms with Crippen molar-refractivity contribution in [3.63, 3.8) is 0 Å². The predicted molar refractivity (Wildman–Crippen MR) is 119 cm³/mol. The lowest BCUT2D eigenvalue weighted by Crippen LogP contribution is -2.46. The van der Waals surface area contributed by atoms with Crippen molar-refractivity contribution in [2.75, 3.05) is 44.2 Å². The number of para-hydroxylation sites is 1. The SMILES string of the molecule is CCCc1noc(CCCC(=O)NCCCCN2CCN(c3ccccc3)CC2)n1. The van der Waals surface area contributed by atoms with Crippen LogP contribution < -0.4 is 10.2 Å². The molecule has 0 bridgehead atoms. The Labute approximate surface area is 179 Å². The Morgan fingerprint density at radius 1 is 1.07 bits per heavy atom. The largest absolute Gasteiger partial charge is 0.369 e. The van der Waals surface area contributed by atoms with Crippen molar-refractivity contribution in [2.45, 2.75) is 51.9 Å². The number of carbonyl (C=O) groups excluding carboxylic acids is 1. The van der Waals surface area contributed by atoms with Crippen LogP contribution in [0.4, 0.5) is 5.69 Å². The van der Waals surface area contributed by atoms with E-state index in [1.807, 2.05) is 0 Å². The summed E-state index contributed by atoms with van der Waals surface area (Å²) in [5.74, 6) is 1.51. The number of nitrogens with one attached hydrogen (secondary N) is 1. The number of unbranched alkanes of at least 4 members (excludes halogenated alkanes) is 1. The van der Waals surface area contributed by atoms with Gasteiger partial charge in [-0.2, -0.15) is 4.98 Å². The Hall–Kier alpha value is -2.41. The molecule has 7 nitrogen and oxygen atoms in total. The lowest BCUT2D eigenvalue weighted by Gasteiger charge is -2.36. The van der Waals surface area contributed by atoms with Gasteiger partial charge in [0.25, 0.3) is 0 Å². The van der Waals surface area contributed by atoms with E-state index in [4.69, 9.17) is 4.52 Å². The van der Waals surface area contributed by atoms with Gasteiger partial charge < -0.3 is 14.7 Å². The van der Waals surface area contributed by atoms with E-state index in [2.05, 4.69) is 62.5 Å². The summed E-state index contributed by atoms with van der Waals surface area (Å²) >= 11 is 0. The normalized spacial score (nSPS) is 14.8. The van der Waals surface area contributed by atoms with E-state index in [-0.39, 0.29) is 5.91 Å². The molecule has 1 fully saturated rings. The molecular weight excluding hydrogens is 378 g/mol. The first kappa shape index (κ1) is 22.3. The predicted octanol–water partition coefficient (Wildman–Crippen LogP) is 3.06. The van der Waals surface area contributed by atoms with Crippen LogP contribution in [0.15, 0.2) is 34.9 Å². The summed E-state index contributed by atoms with van der Waals surface area (Å²) in [7, 11) is 0. The van der Waals surface area contributed by atoms with Gasteiger partial charge in [0.05, 0.1) is 0 Å². The summed E-state index contributed by atoms with van der Waals surface area (Å²) in [6, 6.07) is 10.6. The second-order valence-electron chi connectivity index (χ2n) is 7.93. The molecule has 0 unspecified atom stereocenters. The third-order valence-electron chi connectivity index (χ3n) is 5.50. The van der Waals surface area contributed by atoms with Gasteiger partial charge >= 0.3 is 0 Å². The van der Waals surface area contributed by atoms with Crippen LogP contribution in [-0.4, -0.2) is 60.2 Å². The Balaban J connectivity index is 1.19. The van der Waals surface area contributed by atoms with Crippen molar-refractivity contribution in [3.05, 3.63) is 42.0 Å². The standard InChI is InChI=1S/C23H35N5O2/c1-2-9-21-25-23(30-26-21)13-8-12-22(29)24-14-6-7-15-27-16-18-28(19-17-27)20-10-4-3-5-11-20/h3-5,10-11H,2,6-9,12-19H2,1H3,(H,24,29). The van der Waals surface area contributed by atoms with Crippen LogP contribution >= 0.6 is 0 Å². The highest BCUT2D eigenvalue weighted by Crippen LogP contribution is 2.15. The number of nitrogens with zero attached hydrogens (tertiary/aromatic N) is 4. The van der Waals surface area contributed by atoms with Crippen LogP contribution in [0.25, 0.3) is 0 Å². The maximum absolute atomic E-state index is 12.0. The topological polar surface area (TPSA) is 74.5 Å². The van der Waals surface area contributed by atoms with E-state index in [1.165, 1.54) is 5.69 Å². The number of hydrogen-bond donors (Lipinski definition) is 1. The fraction of sp³-hybridized carbons (Fsp3) is 0.609. The third-order valence-corrected chi connectivity index (χ3v) is 5.50. The van der Waals surface area contributed by atoms with Crippen molar-refractivity contribution in [3.8, 4) is 0 Å². The van der Waals surface area contributed by atoms with Crippen molar-refractivity contribution in [1.82, 2.24) is 20.4 Å². The average molecular weight is 414 g/mol. The van der Waals surface area contributed by atoms with Crippen molar-refractivity contribution < 1.29 is 9.32 Å². The molecule has 30 heavy (non-hydrogen) atoms. The van der Waals surface area contributed by atoms with Gasteiger partial charge in [0, 0.05) is 57.7 Å². The zero-order chi connectivity index (χ0) is 21.0. The lowest BCUT2D eigenvalue weighted by atomic mass is 10.2. The van der Waals surface area contributed by atoms with E-state index >= 15 is 0 Å². The molecule has 0 spiro atoms. The summed E-state index contributed by atoms with van der Waals surface area (Å²) in [5, 5.41) is 6.97.